The molecule has 0 amide bonds. The zero-order valence-electron chi connectivity index (χ0n) is 11.1. The Morgan fingerprint density at radius 1 is 1.35 bits per heavy atom. The van der Waals surface area contributed by atoms with Crippen LogP contribution in [0.5, 0.6) is 11.5 Å². The molecule has 1 aromatic rings. The van der Waals surface area contributed by atoms with Crippen molar-refractivity contribution < 1.29 is 19.4 Å². The Labute approximate surface area is 120 Å². The number of aliphatic carboxylic acids is 1. The summed E-state index contributed by atoms with van der Waals surface area (Å²) in [4.78, 5) is 10.5. The van der Waals surface area contributed by atoms with Crippen LogP contribution in [-0.4, -0.2) is 41.8 Å². The topological polar surface area (TPSA) is 80.5 Å². The van der Waals surface area contributed by atoms with Gasteiger partial charge in [0.15, 0.2) is 11.5 Å². The van der Waals surface area contributed by atoms with Crippen LogP contribution in [0.1, 0.15) is 12.0 Å². The monoisotopic (exact) mass is 294 g/mol. The van der Waals surface area contributed by atoms with E-state index in [1.54, 1.807) is 20.3 Å². The Kier molecular flexibility index (Phi) is 4.62. The van der Waals surface area contributed by atoms with Crippen LogP contribution in [0.2, 0.25) is 0 Å². The van der Waals surface area contributed by atoms with Crippen LogP contribution < -0.4 is 9.47 Å². The second kappa shape index (κ2) is 6.42. The molecule has 1 aliphatic heterocycles. The second-order valence-electron chi connectivity index (χ2n) is 3.94. The van der Waals surface area contributed by atoms with Gasteiger partial charge in [-0.15, -0.1) is 5.10 Å². The average Bonchev–Trinajstić information content (AvgIpc) is 2.92. The van der Waals surface area contributed by atoms with Crippen molar-refractivity contribution in [3.63, 3.8) is 0 Å². The predicted octanol–water partition coefficient (Wildman–Crippen LogP) is 2.03. The lowest BCUT2D eigenvalue weighted by atomic mass is 10.1. The van der Waals surface area contributed by atoms with Crippen molar-refractivity contribution >= 4 is 28.5 Å². The van der Waals surface area contributed by atoms with E-state index in [0.29, 0.717) is 23.0 Å². The third-order valence-corrected chi connectivity index (χ3v) is 3.63. The molecule has 0 atom stereocenters. The lowest BCUT2D eigenvalue weighted by molar-refractivity contribution is -0.133. The molecule has 0 aromatic heterocycles. The van der Waals surface area contributed by atoms with Crippen molar-refractivity contribution in [2.45, 2.75) is 6.42 Å². The van der Waals surface area contributed by atoms with E-state index in [0.717, 1.165) is 11.3 Å². The fourth-order valence-electron chi connectivity index (χ4n) is 1.82. The lowest BCUT2D eigenvalue weighted by Gasteiger charge is -2.12. The van der Waals surface area contributed by atoms with Gasteiger partial charge >= 0.3 is 5.97 Å². The number of hydrogen-bond donors (Lipinski definition) is 1. The summed E-state index contributed by atoms with van der Waals surface area (Å²) in [5.74, 6) is 0.342. The number of carboxylic acids is 1. The van der Waals surface area contributed by atoms with Crippen molar-refractivity contribution in [3.8, 4) is 11.5 Å². The summed E-state index contributed by atoms with van der Waals surface area (Å²) in [7, 11) is 3.14. The van der Waals surface area contributed by atoms with E-state index in [-0.39, 0.29) is 5.75 Å². The van der Waals surface area contributed by atoms with E-state index in [1.807, 2.05) is 12.1 Å². The number of benzene rings is 1. The Balaban J connectivity index is 2.14. The summed E-state index contributed by atoms with van der Waals surface area (Å²) in [5, 5.41) is 17.5. The molecule has 1 aliphatic rings. The highest BCUT2D eigenvalue weighted by atomic mass is 32.2. The number of nitrogens with zero attached hydrogens (tertiary/aromatic N) is 2. The lowest BCUT2D eigenvalue weighted by Crippen LogP contribution is -2.07. The molecule has 0 fully saturated rings. The summed E-state index contributed by atoms with van der Waals surface area (Å²) in [6, 6.07) is 5.53. The summed E-state index contributed by atoms with van der Waals surface area (Å²) in [6.07, 6.45) is 0.501. The zero-order chi connectivity index (χ0) is 14.5. The van der Waals surface area contributed by atoms with Gasteiger partial charge in [-0.25, -0.2) is 0 Å². The SMILES string of the molecule is COc1cccc(C2=NN=C(SCC(=O)O)C2)c1OC. The maximum atomic E-state index is 10.5. The largest absolute Gasteiger partial charge is 0.493 e. The smallest absolute Gasteiger partial charge is 0.313 e. The molecule has 0 saturated carbocycles. The van der Waals surface area contributed by atoms with E-state index in [4.69, 9.17) is 14.6 Å². The normalized spacial score (nSPS) is 13.7. The highest BCUT2D eigenvalue weighted by molar-refractivity contribution is 8.14. The molecule has 7 heteroatoms. The van der Waals surface area contributed by atoms with E-state index in [2.05, 4.69) is 10.2 Å². The summed E-state index contributed by atoms with van der Waals surface area (Å²) < 4.78 is 10.6. The molecule has 0 unspecified atom stereocenters. The molecule has 0 saturated heterocycles. The number of thioether (sulfide) groups is 1. The van der Waals surface area contributed by atoms with Crippen LogP contribution in [0.4, 0.5) is 0 Å². The Morgan fingerprint density at radius 3 is 2.80 bits per heavy atom. The van der Waals surface area contributed by atoms with Gasteiger partial charge in [-0.2, -0.15) is 5.10 Å². The van der Waals surface area contributed by atoms with E-state index >= 15 is 0 Å². The fourth-order valence-corrected chi connectivity index (χ4v) is 2.45. The number of ether oxygens (including phenoxy) is 2. The first-order valence-electron chi connectivity index (χ1n) is 5.85. The van der Waals surface area contributed by atoms with Crippen LogP contribution in [-0.2, 0) is 4.79 Å². The van der Waals surface area contributed by atoms with Crippen LogP contribution in [0.25, 0.3) is 0 Å². The zero-order valence-corrected chi connectivity index (χ0v) is 11.9. The minimum atomic E-state index is -0.870. The van der Waals surface area contributed by atoms with Crippen molar-refractivity contribution in [1.29, 1.82) is 0 Å². The first-order valence-corrected chi connectivity index (χ1v) is 6.83. The van der Waals surface area contributed by atoms with E-state index < -0.39 is 5.97 Å². The number of para-hydroxylation sites is 1. The first kappa shape index (κ1) is 14.4. The van der Waals surface area contributed by atoms with Gasteiger partial charge in [0.1, 0.15) is 5.04 Å². The molecule has 0 bridgehead atoms. The van der Waals surface area contributed by atoms with Crippen molar-refractivity contribution in [2.24, 2.45) is 10.2 Å². The minimum absolute atomic E-state index is 0.0170. The molecule has 0 radical (unpaired) electrons. The van der Waals surface area contributed by atoms with Crippen molar-refractivity contribution in [2.75, 3.05) is 20.0 Å². The molecule has 0 spiro atoms. The Bertz CT molecular complexity index is 584. The minimum Gasteiger partial charge on any atom is -0.493 e. The van der Waals surface area contributed by atoms with Gasteiger partial charge in [-0.1, -0.05) is 17.8 Å². The maximum Gasteiger partial charge on any atom is 0.313 e. The number of hydrogen-bond acceptors (Lipinski definition) is 6. The van der Waals surface area contributed by atoms with Crippen LogP contribution in [0.15, 0.2) is 28.4 Å². The van der Waals surface area contributed by atoms with Crippen LogP contribution >= 0.6 is 11.8 Å². The van der Waals surface area contributed by atoms with Gasteiger partial charge in [0.25, 0.3) is 0 Å². The molecule has 20 heavy (non-hydrogen) atoms. The van der Waals surface area contributed by atoms with Crippen molar-refractivity contribution in [3.05, 3.63) is 23.8 Å². The van der Waals surface area contributed by atoms with Gasteiger partial charge in [-0.3, -0.25) is 4.79 Å². The van der Waals surface area contributed by atoms with Gasteiger partial charge in [0.05, 0.1) is 25.7 Å². The number of methoxy groups -OCH3 is 2. The quantitative estimate of drug-likeness (QED) is 0.898. The molecular weight excluding hydrogens is 280 g/mol. The molecular formula is C13H14N2O4S. The number of carbonyl (C=O) groups is 1. The Morgan fingerprint density at radius 2 is 2.15 bits per heavy atom. The molecule has 1 aromatic carbocycles. The Hall–Kier alpha value is -2.02. The van der Waals surface area contributed by atoms with E-state index in [1.165, 1.54) is 11.8 Å². The standard InChI is InChI=1S/C13H14N2O4S/c1-18-10-5-3-4-8(13(10)19-2)9-6-11(15-14-9)20-7-12(16)17/h3-5H,6-7H2,1-2H3,(H,16,17). The first-order chi connectivity index (χ1) is 9.65. The van der Waals surface area contributed by atoms with Crippen molar-refractivity contribution in [1.82, 2.24) is 0 Å². The highest BCUT2D eigenvalue weighted by Crippen LogP contribution is 2.33. The van der Waals surface area contributed by atoms with Gasteiger partial charge in [-0.05, 0) is 12.1 Å². The molecule has 6 nitrogen and oxygen atoms in total. The third-order valence-electron chi connectivity index (χ3n) is 2.68. The molecule has 1 N–H and O–H groups in total. The summed E-state index contributed by atoms with van der Waals surface area (Å²) in [6.45, 7) is 0. The molecule has 0 aliphatic carbocycles. The molecule has 2 rings (SSSR count). The van der Waals surface area contributed by atoms with Gasteiger partial charge in [0.2, 0.25) is 0 Å². The second-order valence-corrected chi connectivity index (χ2v) is 4.99. The molecule has 106 valence electrons. The highest BCUT2D eigenvalue weighted by Gasteiger charge is 2.20. The average molecular weight is 294 g/mol. The fraction of sp³-hybridized carbons (Fsp3) is 0.308. The predicted molar refractivity (Wildman–Crippen MR) is 78.2 cm³/mol. The van der Waals surface area contributed by atoms with Crippen LogP contribution in [0.3, 0.4) is 0 Å². The van der Waals surface area contributed by atoms with E-state index in [9.17, 15) is 4.79 Å². The van der Waals surface area contributed by atoms with Crippen LogP contribution in [0, 0.1) is 0 Å². The molecule has 1 heterocycles. The number of rotatable bonds is 5. The summed E-state index contributed by atoms with van der Waals surface area (Å²) in [5.41, 5.74) is 1.55. The van der Waals surface area contributed by atoms with Gasteiger partial charge < -0.3 is 14.6 Å². The number of carboxylic acid groups (broad SMARTS) is 1. The third kappa shape index (κ3) is 3.11. The van der Waals surface area contributed by atoms with Gasteiger partial charge in [0, 0.05) is 12.0 Å². The maximum absolute atomic E-state index is 10.5. The summed E-state index contributed by atoms with van der Waals surface area (Å²) >= 11 is 1.18.